The van der Waals surface area contributed by atoms with Gasteiger partial charge in [-0.2, -0.15) is 0 Å². The van der Waals surface area contributed by atoms with Crippen molar-refractivity contribution in [1.82, 2.24) is 0 Å². The van der Waals surface area contributed by atoms with Gasteiger partial charge in [0, 0.05) is 37.9 Å². The first kappa shape index (κ1) is 20.7. The molecule has 156 valence electrons. The van der Waals surface area contributed by atoms with Crippen LogP contribution < -0.4 is 4.90 Å². The molecule has 2 aromatic rings. The molecule has 30 heavy (non-hydrogen) atoms. The fraction of sp³-hybridized carbons (Fsp3) is 0.348. The number of hydrogen-bond acceptors (Lipinski definition) is 4. The Balaban J connectivity index is 1.48. The number of ketones is 2. The van der Waals surface area contributed by atoms with E-state index in [0.717, 1.165) is 11.1 Å². The zero-order chi connectivity index (χ0) is 21.5. The van der Waals surface area contributed by atoms with Gasteiger partial charge in [-0.3, -0.25) is 14.4 Å². The number of aliphatic hydroxyl groups is 1. The van der Waals surface area contributed by atoms with Crippen LogP contribution in [0.3, 0.4) is 0 Å². The van der Waals surface area contributed by atoms with Crippen molar-refractivity contribution in [3.05, 3.63) is 63.9 Å². The lowest BCUT2D eigenvalue weighted by molar-refractivity contribution is -0.147. The molecular weight excluding hydrogens is 409 g/mol. The first-order valence-electron chi connectivity index (χ1n) is 9.93. The standard InChI is InChI=1S/C23H21ClFNO4/c24-19-3-1-2-14(21(19)25)6-9-20(28)23(30)10-11-26(22(23)29)17-7-4-16-13-18(27)8-5-15(16)12-17/h1-4,7,12,30H,5-6,8-11,13H2/t23-/m0/s1. The van der Waals surface area contributed by atoms with Gasteiger partial charge in [-0.25, -0.2) is 4.39 Å². The lowest BCUT2D eigenvalue weighted by Gasteiger charge is -2.23. The summed E-state index contributed by atoms with van der Waals surface area (Å²) in [6.07, 6.45) is 1.36. The fourth-order valence-electron chi connectivity index (χ4n) is 4.17. The molecule has 7 heteroatoms. The Morgan fingerprint density at radius 2 is 1.97 bits per heavy atom. The van der Waals surface area contributed by atoms with Crippen molar-refractivity contribution in [3.8, 4) is 0 Å². The average molecular weight is 430 g/mol. The van der Waals surface area contributed by atoms with Crippen LogP contribution >= 0.6 is 11.6 Å². The summed E-state index contributed by atoms with van der Waals surface area (Å²) in [5.41, 5.74) is 0.735. The van der Waals surface area contributed by atoms with Crippen molar-refractivity contribution in [2.45, 2.75) is 44.1 Å². The summed E-state index contributed by atoms with van der Waals surface area (Å²) in [6.45, 7) is 0.213. The molecule has 1 atom stereocenters. The lowest BCUT2D eigenvalue weighted by atomic mass is 9.90. The largest absolute Gasteiger partial charge is 0.373 e. The predicted octanol–water partition coefficient (Wildman–Crippen LogP) is 3.21. The van der Waals surface area contributed by atoms with E-state index in [9.17, 15) is 23.9 Å². The second kappa shape index (κ2) is 7.93. The molecular formula is C23H21ClFNO4. The third kappa shape index (κ3) is 3.66. The van der Waals surface area contributed by atoms with Gasteiger partial charge in [0.2, 0.25) is 5.60 Å². The third-order valence-electron chi connectivity index (χ3n) is 5.97. The van der Waals surface area contributed by atoms with Gasteiger partial charge in [0.05, 0.1) is 5.02 Å². The van der Waals surface area contributed by atoms with Crippen LogP contribution in [0.25, 0.3) is 0 Å². The van der Waals surface area contributed by atoms with Gasteiger partial charge in [-0.05, 0) is 47.7 Å². The number of Topliss-reactive ketones (excluding diaryl/α,β-unsaturated/α-hetero) is 2. The highest BCUT2D eigenvalue weighted by molar-refractivity contribution is 6.30. The molecule has 0 saturated carbocycles. The van der Waals surface area contributed by atoms with E-state index in [1.165, 1.54) is 17.0 Å². The van der Waals surface area contributed by atoms with Crippen LogP contribution in [0.1, 0.15) is 36.0 Å². The number of halogens is 2. The van der Waals surface area contributed by atoms with Crippen LogP contribution in [-0.2, 0) is 33.6 Å². The minimum Gasteiger partial charge on any atom is -0.373 e. The number of amides is 1. The van der Waals surface area contributed by atoms with Crippen LogP contribution in [0.4, 0.5) is 10.1 Å². The van der Waals surface area contributed by atoms with Gasteiger partial charge in [-0.15, -0.1) is 0 Å². The van der Waals surface area contributed by atoms with E-state index >= 15 is 0 Å². The third-order valence-corrected chi connectivity index (χ3v) is 6.26. The van der Waals surface area contributed by atoms with Crippen molar-refractivity contribution in [2.24, 2.45) is 0 Å². The van der Waals surface area contributed by atoms with Crippen molar-refractivity contribution in [3.63, 3.8) is 0 Å². The molecule has 1 fully saturated rings. The number of hydrogen-bond donors (Lipinski definition) is 1. The Bertz CT molecular complexity index is 1050. The zero-order valence-corrected chi connectivity index (χ0v) is 17.0. The summed E-state index contributed by atoms with van der Waals surface area (Å²) in [6, 6.07) is 9.97. The van der Waals surface area contributed by atoms with E-state index in [4.69, 9.17) is 11.6 Å². The zero-order valence-electron chi connectivity index (χ0n) is 16.3. The Kier molecular flexibility index (Phi) is 5.47. The summed E-state index contributed by atoms with van der Waals surface area (Å²) in [4.78, 5) is 38.7. The minimum absolute atomic E-state index is 0.0156. The molecule has 5 nitrogen and oxygen atoms in total. The molecule has 1 heterocycles. The molecule has 0 spiro atoms. The molecule has 1 amide bonds. The number of carbonyl (C=O) groups excluding carboxylic acids is 3. The number of aryl methyl sites for hydroxylation is 2. The molecule has 1 saturated heterocycles. The summed E-state index contributed by atoms with van der Waals surface area (Å²) < 4.78 is 14.0. The topological polar surface area (TPSA) is 74.7 Å². The minimum atomic E-state index is -2.11. The van der Waals surface area contributed by atoms with Crippen LogP contribution in [0.2, 0.25) is 5.02 Å². The molecule has 2 aromatic carbocycles. The summed E-state index contributed by atoms with van der Waals surface area (Å²) in [7, 11) is 0. The lowest BCUT2D eigenvalue weighted by Crippen LogP contribution is -2.47. The highest BCUT2D eigenvalue weighted by Crippen LogP contribution is 2.33. The first-order chi connectivity index (χ1) is 14.3. The molecule has 2 aliphatic rings. The van der Waals surface area contributed by atoms with E-state index in [1.807, 2.05) is 12.1 Å². The number of fused-ring (bicyclic) bond motifs is 1. The molecule has 1 aliphatic heterocycles. The smallest absolute Gasteiger partial charge is 0.266 e. The average Bonchev–Trinajstić information content (AvgIpc) is 3.04. The maximum atomic E-state index is 14.0. The van der Waals surface area contributed by atoms with Gasteiger partial charge in [0.1, 0.15) is 11.6 Å². The van der Waals surface area contributed by atoms with Gasteiger partial charge in [0.15, 0.2) is 5.78 Å². The predicted molar refractivity (Wildman–Crippen MR) is 110 cm³/mol. The normalized spacial score (nSPS) is 21.1. The Morgan fingerprint density at radius 3 is 2.77 bits per heavy atom. The second-order valence-electron chi connectivity index (χ2n) is 7.87. The Labute approximate surface area is 178 Å². The summed E-state index contributed by atoms with van der Waals surface area (Å²) >= 11 is 5.76. The van der Waals surface area contributed by atoms with Crippen molar-refractivity contribution in [1.29, 1.82) is 0 Å². The summed E-state index contributed by atoms with van der Waals surface area (Å²) in [5.74, 6) is -1.68. The summed E-state index contributed by atoms with van der Waals surface area (Å²) in [5, 5.41) is 10.8. The van der Waals surface area contributed by atoms with Gasteiger partial charge >= 0.3 is 0 Å². The van der Waals surface area contributed by atoms with Gasteiger partial charge in [-0.1, -0.05) is 29.8 Å². The molecule has 0 bridgehead atoms. The fourth-order valence-corrected chi connectivity index (χ4v) is 4.36. The second-order valence-corrected chi connectivity index (χ2v) is 8.28. The van der Waals surface area contributed by atoms with E-state index in [1.54, 1.807) is 12.1 Å². The highest BCUT2D eigenvalue weighted by atomic mass is 35.5. The van der Waals surface area contributed by atoms with E-state index in [0.29, 0.717) is 24.9 Å². The number of anilines is 1. The molecule has 1 aliphatic carbocycles. The van der Waals surface area contributed by atoms with Crippen LogP contribution in [-0.4, -0.2) is 34.7 Å². The van der Waals surface area contributed by atoms with Crippen molar-refractivity contribution < 1.29 is 23.9 Å². The quantitative estimate of drug-likeness (QED) is 0.740. The van der Waals surface area contributed by atoms with Crippen LogP contribution in [0, 0.1) is 5.82 Å². The van der Waals surface area contributed by atoms with E-state index in [2.05, 4.69) is 0 Å². The van der Waals surface area contributed by atoms with Crippen LogP contribution in [0.15, 0.2) is 36.4 Å². The molecule has 0 unspecified atom stereocenters. The van der Waals surface area contributed by atoms with Crippen LogP contribution in [0.5, 0.6) is 0 Å². The highest BCUT2D eigenvalue weighted by Gasteiger charge is 2.50. The van der Waals surface area contributed by atoms with E-state index < -0.39 is 23.1 Å². The maximum absolute atomic E-state index is 14.0. The maximum Gasteiger partial charge on any atom is 0.266 e. The number of carbonyl (C=O) groups is 3. The van der Waals surface area contributed by atoms with Crippen molar-refractivity contribution in [2.75, 3.05) is 11.4 Å². The van der Waals surface area contributed by atoms with E-state index in [-0.39, 0.29) is 42.2 Å². The number of rotatable bonds is 5. The van der Waals surface area contributed by atoms with Gasteiger partial charge < -0.3 is 10.0 Å². The Hall–Kier alpha value is -2.57. The number of nitrogens with zero attached hydrogens (tertiary/aromatic N) is 1. The number of benzene rings is 2. The molecule has 0 aromatic heterocycles. The van der Waals surface area contributed by atoms with Gasteiger partial charge in [0.25, 0.3) is 5.91 Å². The first-order valence-corrected chi connectivity index (χ1v) is 10.3. The SMILES string of the molecule is O=C1CCc2cc(N3CC[C@](O)(C(=O)CCc4cccc(Cl)c4F)C3=O)ccc2C1. The Morgan fingerprint density at radius 1 is 1.17 bits per heavy atom. The molecule has 4 rings (SSSR count). The monoisotopic (exact) mass is 429 g/mol. The van der Waals surface area contributed by atoms with Crippen molar-refractivity contribution >= 4 is 34.8 Å². The molecule has 1 N–H and O–H groups in total. The molecule has 0 radical (unpaired) electrons.